The Morgan fingerprint density at radius 2 is 1.87 bits per heavy atom. The van der Waals surface area contributed by atoms with Gasteiger partial charge in [0, 0.05) is 32.1 Å². The molecule has 0 bridgehead atoms. The Morgan fingerprint density at radius 1 is 1.22 bits per heavy atom. The number of amides is 2. The van der Waals surface area contributed by atoms with E-state index in [1.807, 2.05) is 38.1 Å². The zero-order chi connectivity index (χ0) is 16.8. The van der Waals surface area contributed by atoms with Gasteiger partial charge in [0.25, 0.3) is 0 Å². The first kappa shape index (κ1) is 17.6. The maximum Gasteiger partial charge on any atom is 0.242 e. The number of benzene rings is 1. The van der Waals surface area contributed by atoms with E-state index >= 15 is 0 Å². The molecular formula is C17H24ClN3O2. The lowest BCUT2D eigenvalue weighted by Gasteiger charge is -2.36. The van der Waals surface area contributed by atoms with Crippen molar-refractivity contribution >= 4 is 29.1 Å². The third kappa shape index (κ3) is 4.61. The quantitative estimate of drug-likeness (QED) is 0.895. The molecule has 1 aromatic carbocycles. The summed E-state index contributed by atoms with van der Waals surface area (Å²) in [7, 11) is 0. The summed E-state index contributed by atoms with van der Waals surface area (Å²) < 4.78 is 0. The minimum atomic E-state index is -0.0597. The molecule has 1 aliphatic rings. The lowest BCUT2D eigenvalue weighted by atomic mass is 10.1. The summed E-state index contributed by atoms with van der Waals surface area (Å²) in [4.78, 5) is 27.9. The van der Waals surface area contributed by atoms with E-state index in [0.29, 0.717) is 13.1 Å². The van der Waals surface area contributed by atoms with E-state index in [1.165, 1.54) is 0 Å². The number of nitrogens with zero attached hydrogens (tertiary/aromatic N) is 2. The Labute approximate surface area is 142 Å². The van der Waals surface area contributed by atoms with Crippen LogP contribution in [0.2, 0.25) is 5.02 Å². The molecule has 126 valence electrons. The first-order valence-corrected chi connectivity index (χ1v) is 8.45. The molecule has 1 aliphatic heterocycles. The molecule has 0 saturated carbocycles. The number of piperazine rings is 1. The monoisotopic (exact) mass is 337 g/mol. The van der Waals surface area contributed by atoms with Crippen LogP contribution < -0.4 is 10.2 Å². The van der Waals surface area contributed by atoms with Crippen molar-refractivity contribution in [2.75, 3.05) is 37.6 Å². The predicted octanol–water partition coefficient (Wildman–Crippen LogP) is 2.15. The van der Waals surface area contributed by atoms with Crippen LogP contribution in [-0.2, 0) is 9.59 Å². The van der Waals surface area contributed by atoms with Gasteiger partial charge < -0.3 is 15.1 Å². The number of hydrogen-bond donors (Lipinski definition) is 1. The minimum Gasteiger partial charge on any atom is -0.367 e. The van der Waals surface area contributed by atoms with Gasteiger partial charge in [-0.3, -0.25) is 9.59 Å². The van der Waals surface area contributed by atoms with E-state index in [4.69, 9.17) is 11.6 Å². The second-order valence-corrected chi connectivity index (χ2v) is 6.25. The summed E-state index contributed by atoms with van der Waals surface area (Å²) in [5.41, 5.74) is 1.01. The molecule has 0 aromatic heterocycles. The van der Waals surface area contributed by atoms with Crippen LogP contribution in [0.1, 0.15) is 20.3 Å². The van der Waals surface area contributed by atoms with Gasteiger partial charge >= 0.3 is 0 Å². The van der Waals surface area contributed by atoms with E-state index in [-0.39, 0.29) is 24.3 Å². The van der Waals surface area contributed by atoms with Gasteiger partial charge in [-0.25, -0.2) is 0 Å². The van der Waals surface area contributed by atoms with Gasteiger partial charge in [0.05, 0.1) is 17.3 Å². The maximum atomic E-state index is 12.2. The second kappa shape index (κ2) is 8.20. The zero-order valence-corrected chi connectivity index (χ0v) is 14.5. The van der Waals surface area contributed by atoms with Crippen molar-refractivity contribution in [2.45, 2.75) is 20.3 Å². The Kier molecular flexibility index (Phi) is 6.28. The molecule has 1 N–H and O–H groups in total. The highest BCUT2D eigenvalue weighted by atomic mass is 35.5. The van der Waals surface area contributed by atoms with Crippen LogP contribution in [-0.4, -0.2) is 49.4 Å². The average Bonchev–Trinajstić information content (AvgIpc) is 2.59. The number of nitrogens with one attached hydrogen (secondary N) is 1. The summed E-state index contributed by atoms with van der Waals surface area (Å²) in [6, 6.07) is 7.74. The van der Waals surface area contributed by atoms with Crippen LogP contribution in [0.15, 0.2) is 24.3 Å². The number of carbonyl (C=O) groups excluding carboxylic acids is 2. The second-order valence-electron chi connectivity index (χ2n) is 5.85. The summed E-state index contributed by atoms with van der Waals surface area (Å²) in [5, 5.41) is 3.45. The van der Waals surface area contributed by atoms with E-state index in [1.54, 1.807) is 4.90 Å². The number of hydrogen-bond acceptors (Lipinski definition) is 3. The first-order valence-electron chi connectivity index (χ1n) is 8.08. The summed E-state index contributed by atoms with van der Waals surface area (Å²) in [5.74, 6) is -0.143. The summed E-state index contributed by atoms with van der Waals surface area (Å²) in [6.45, 7) is 6.67. The van der Waals surface area contributed by atoms with Crippen LogP contribution >= 0.6 is 11.6 Å². The molecule has 0 aliphatic carbocycles. The fourth-order valence-electron chi connectivity index (χ4n) is 2.54. The molecule has 0 radical (unpaired) electrons. The summed E-state index contributed by atoms with van der Waals surface area (Å²) >= 11 is 6.21. The van der Waals surface area contributed by atoms with Crippen molar-refractivity contribution in [2.24, 2.45) is 5.92 Å². The lowest BCUT2D eigenvalue weighted by Crippen LogP contribution is -2.51. The average molecular weight is 338 g/mol. The molecule has 1 aromatic rings. The van der Waals surface area contributed by atoms with Crippen molar-refractivity contribution in [3.8, 4) is 0 Å². The molecular weight excluding hydrogens is 314 g/mol. The van der Waals surface area contributed by atoms with Crippen LogP contribution in [0.4, 0.5) is 5.69 Å². The van der Waals surface area contributed by atoms with E-state index in [2.05, 4.69) is 10.2 Å². The highest BCUT2D eigenvalue weighted by Crippen LogP contribution is 2.25. The van der Waals surface area contributed by atoms with Gasteiger partial charge in [-0.15, -0.1) is 0 Å². The molecule has 2 rings (SSSR count). The van der Waals surface area contributed by atoms with Crippen molar-refractivity contribution in [1.82, 2.24) is 10.2 Å². The molecule has 6 heteroatoms. The Bertz CT molecular complexity index is 557. The standard InChI is InChI=1S/C17H24ClN3O2/c1-3-13(2)17(23)19-12-16(22)21-10-8-20(9-11-21)15-7-5-4-6-14(15)18/h4-7,13H,3,8-12H2,1-2H3,(H,19,23). The normalized spacial score (nSPS) is 16.1. The van der Waals surface area contributed by atoms with Crippen LogP contribution in [0, 0.1) is 5.92 Å². The fraction of sp³-hybridized carbons (Fsp3) is 0.529. The fourth-order valence-corrected chi connectivity index (χ4v) is 2.79. The molecule has 1 saturated heterocycles. The van der Waals surface area contributed by atoms with Gasteiger partial charge in [-0.2, -0.15) is 0 Å². The Morgan fingerprint density at radius 3 is 2.48 bits per heavy atom. The smallest absolute Gasteiger partial charge is 0.242 e. The van der Waals surface area contributed by atoms with Gasteiger partial charge in [-0.05, 0) is 18.6 Å². The Hall–Kier alpha value is -1.75. The molecule has 0 spiro atoms. The Balaban J connectivity index is 1.81. The highest BCUT2D eigenvalue weighted by Gasteiger charge is 2.22. The van der Waals surface area contributed by atoms with Crippen molar-refractivity contribution in [1.29, 1.82) is 0 Å². The van der Waals surface area contributed by atoms with Crippen LogP contribution in [0.25, 0.3) is 0 Å². The largest absolute Gasteiger partial charge is 0.367 e. The molecule has 1 heterocycles. The molecule has 5 nitrogen and oxygen atoms in total. The predicted molar refractivity (Wildman–Crippen MR) is 92.7 cm³/mol. The third-order valence-corrected chi connectivity index (χ3v) is 4.62. The minimum absolute atomic E-state index is 0.0274. The molecule has 2 amide bonds. The lowest BCUT2D eigenvalue weighted by molar-refractivity contribution is -0.134. The van der Waals surface area contributed by atoms with Gasteiger partial charge in [0.1, 0.15) is 0 Å². The number of anilines is 1. The van der Waals surface area contributed by atoms with Crippen LogP contribution in [0.3, 0.4) is 0 Å². The summed E-state index contributed by atoms with van der Waals surface area (Å²) in [6.07, 6.45) is 0.774. The van der Waals surface area contributed by atoms with Gasteiger partial charge in [0.15, 0.2) is 0 Å². The van der Waals surface area contributed by atoms with Crippen LogP contribution in [0.5, 0.6) is 0 Å². The van der Waals surface area contributed by atoms with E-state index in [0.717, 1.165) is 30.2 Å². The SMILES string of the molecule is CCC(C)C(=O)NCC(=O)N1CCN(c2ccccc2Cl)CC1. The number of rotatable bonds is 5. The topological polar surface area (TPSA) is 52.7 Å². The maximum absolute atomic E-state index is 12.2. The number of halogens is 1. The van der Waals surface area contributed by atoms with Crippen molar-refractivity contribution in [3.63, 3.8) is 0 Å². The van der Waals surface area contributed by atoms with Gasteiger partial charge in [0.2, 0.25) is 11.8 Å². The first-order chi connectivity index (χ1) is 11.0. The number of carbonyl (C=O) groups is 2. The molecule has 1 atom stereocenters. The zero-order valence-electron chi connectivity index (χ0n) is 13.7. The van der Waals surface area contributed by atoms with E-state index in [9.17, 15) is 9.59 Å². The van der Waals surface area contributed by atoms with Crippen molar-refractivity contribution < 1.29 is 9.59 Å². The molecule has 1 fully saturated rings. The third-order valence-electron chi connectivity index (χ3n) is 4.30. The van der Waals surface area contributed by atoms with Crippen molar-refractivity contribution in [3.05, 3.63) is 29.3 Å². The molecule has 1 unspecified atom stereocenters. The number of para-hydroxylation sites is 1. The van der Waals surface area contributed by atoms with E-state index < -0.39 is 0 Å². The highest BCUT2D eigenvalue weighted by molar-refractivity contribution is 6.33. The molecule has 23 heavy (non-hydrogen) atoms. The van der Waals surface area contributed by atoms with Gasteiger partial charge in [-0.1, -0.05) is 37.6 Å².